The lowest BCUT2D eigenvalue weighted by molar-refractivity contribution is -0.187. The summed E-state index contributed by atoms with van der Waals surface area (Å²) in [6.45, 7) is 1.60. The van der Waals surface area contributed by atoms with Gasteiger partial charge in [0.1, 0.15) is 0 Å². The lowest BCUT2D eigenvalue weighted by atomic mass is 9.75. The van der Waals surface area contributed by atoms with E-state index >= 15 is 0 Å². The molecule has 1 aromatic rings. The van der Waals surface area contributed by atoms with Crippen LogP contribution < -0.4 is 5.32 Å². The van der Waals surface area contributed by atoms with Gasteiger partial charge in [0.15, 0.2) is 5.69 Å². The SMILES string of the molecule is CCC(=O)N[C@H]1COC2(CCN(C(=O)c3ccn(C(F)F)n3)CC2)C[C@]1(C)O. The van der Waals surface area contributed by atoms with E-state index in [1.54, 1.807) is 18.7 Å². The lowest BCUT2D eigenvalue weighted by Gasteiger charge is -2.51. The van der Waals surface area contributed by atoms with Crippen LogP contribution in [0.25, 0.3) is 0 Å². The van der Waals surface area contributed by atoms with Gasteiger partial charge in [0.2, 0.25) is 5.91 Å². The number of nitrogens with zero attached hydrogens (tertiary/aromatic N) is 3. The average molecular weight is 400 g/mol. The summed E-state index contributed by atoms with van der Waals surface area (Å²) >= 11 is 0. The minimum atomic E-state index is -2.79. The molecule has 1 aromatic heterocycles. The Bertz CT molecular complexity index is 729. The molecule has 28 heavy (non-hydrogen) atoms. The molecule has 0 unspecified atom stereocenters. The van der Waals surface area contributed by atoms with Crippen LogP contribution in [0.3, 0.4) is 0 Å². The van der Waals surface area contributed by atoms with E-state index in [1.165, 1.54) is 6.07 Å². The van der Waals surface area contributed by atoms with Crippen LogP contribution in [0, 0.1) is 0 Å². The molecule has 0 bridgehead atoms. The lowest BCUT2D eigenvalue weighted by Crippen LogP contribution is -2.64. The normalized spacial score (nSPS) is 27.2. The Kier molecular flexibility index (Phi) is 5.72. The van der Waals surface area contributed by atoms with Crippen LogP contribution in [-0.2, 0) is 9.53 Å². The third-order valence-corrected chi connectivity index (χ3v) is 5.63. The van der Waals surface area contributed by atoms with Crippen molar-refractivity contribution in [3.63, 3.8) is 0 Å². The molecular formula is C18H26F2N4O4. The summed E-state index contributed by atoms with van der Waals surface area (Å²) in [5.74, 6) is -0.543. The van der Waals surface area contributed by atoms with Gasteiger partial charge in [0.05, 0.1) is 23.9 Å². The van der Waals surface area contributed by atoms with Gasteiger partial charge in [-0.15, -0.1) is 0 Å². The van der Waals surface area contributed by atoms with Gasteiger partial charge in [-0.25, -0.2) is 4.68 Å². The monoisotopic (exact) mass is 400 g/mol. The predicted molar refractivity (Wildman–Crippen MR) is 94.8 cm³/mol. The molecule has 0 radical (unpaired) electrons. The number of nitrogens with one attached hydrogen (secondary N) is 1. The maximum atomic E-state index is 12.6. The van der Waals surface area contributed by atoms with Gasteiger partial charge in [-0.3, -0.25) is 9.59 Å². The number of aliphatic hydroxyl groups is 1. The van der Waals surface area contributed by atoms with Gasteiger partial charge >= 0.3 is 6.55 Å². The molecule has 10 heteroatoms. The number of aromatic nitrogens is 2. The second-order valence-electron chi connectivity index (χ2n) is 7.75. The van der Waals surface area contributed by atoms with E-state index in [9.17, 15) is 23.5 Å². The Labute approximate surface area is 161 Å². The zero-order valence-electron chi connectivity index (χ0n) is 16.0. The molecular weight excluding hydrogens is 374 g/mol. The molecule has 2 amide bonds. The van der Waals surface area contributed by atoms with Crippen LogP contribution in [0.15, 0.2) is 12.3 Å². The predicted octanol–water partition coefficient (Wildman–Crippen LogP) is 1.32. The molecule has 2 saturated heterocycles. The van der Waals surface area contributed by atoms with Gasteiger partial charge in [-0.2, -0.15) is 13.9 Å². The summed E-state index contributed by atoms with van der Waals surface area (Å²) in [4.78, 5) is 25.7. The maximum absolute atomic E-state index is 12.6. The fraction of sp³-hybridized carbons (Fsp3) is 0.722. The van der Waals surface area contributed by atoms with Crippen LogP contribution in [0.5, 0.6) is 0 Å². The van der Waals surface area contributed by atoms with Crippen molar-refractivity contribution < 1.29 is 28.2 Å². The second kappa shape index (κ2) is 7.75. The first-order chi connectivity index (χ1) is 13.2. The Morgan fingerprint density at radius 3 is 2.64 bits per heavy atom. The molecule has 2 aliphatic heterocycles. The van der Waals surface area contributed by atoms with Crippen molar-refractivity contribution in [3.8, 4) is 0 Å². The number of hydrogen-bond acceptors (Lipinski definition) is 5. The van der Waals surface area contributed by atoms with E-state index in [1.807, 2.05) is 0 Å². The first kappa shape index (κ1) is 20.7. The van der Waals surface area contributed by atoms with E-state index in [0.717, 1.165) is 6.20 Å². The number of amides is 2. The Morgan fingerprint density at radius 1 is 1.43 bits per heavy atom. The average Bonchev–Trinajstić information content (AvgIpc) is 3.14. The third kappa shape index (κ3) is 4.17. The molecule has 0 saturated carbocycles. The van der Waals surface area contributed by atoms with Crippen molar-refractivity contribution in [2.75, 3.05) is 19.7 Å². The van der Waals surface area contributed by atoms with Crippen LogP contribution in [-0.4, -0.2) is 68.5 Å². The van der Waals surface area contributed by atoms with Gasteiger partial charge in [-0.1, -0.05) is 6.92 Å². The summed E-state index contributed by atoms with van der Waals surface area (Å²) in [7, 11) is 0. The number of halogens is 2. The van der Waals surface area contributed by atoms with E-state index in [-0.39, 0.29) is 18.2 Å². The quantitative estimate of drug-likeness (QED) is 0.795. The van der Waals surface area contributed by atoms with Gasteiger partial charge < -0.3 is 20.1 Å². The smallest absolute Gasteiger partial charge is 0.333 e. The van der Waals surface area contributed by atoms with Crippen LogP contribution in [0.4, 0.5) is 8.78 Å². The molecule has 2 fully saturated rings. The molecule has 2 atom stereocenters. The van der Waals surface area contributed by atoms with Crippen molar-refractivity contribution >= 4 is 11.8 Å². The van der Waals surface area contributed by atoms with Crippen LogP contribution in [0.2, 0.25) is 0 Å². The number of likely N-dealkylation sites (tertiary alicyclic amines) is 1. The number of alkyl halides is 2. The summed E-state index contributed by atoms with van der Waals surface area (Å²) < 4.78 is 31.8. The van der Waals surface area contributed by atoms with Gasteiger partial charge in [-0.05, 0) is 25.8 Å². The topological polar surface area (TPSA) is 96.7 Å². The number of carbonyl (C=O) groups is 2. The van der Waals surface area contributed by atoms with E-state index in [0.29, 0.717) is 43.5 Å². The molecule has 156 valence electrons. The highest BCUT2D eigenvalue weighted by molar-refractivity contribution is 5.92. The number of ether oxygens (including phenoxy) is 1. The highest BCUT2D eigenvalue weighted by Crippen LogP contribution is 2.39. The fourth-order valence-corrected chi connectivity index (χ4v) is 3.92. The van der Waals surface area contributed by atoms with Crippen molar-refractivity contribution in [2.45, 2.75) is 63.3 Å². The van der Waals surface area contributed by atoms with E-state index < -0.39 is 29.7 Å². The highest BCUT2D eigenvalue weighted by atomic mass is 19.3. The molecule has 0 aromatic carbocycles. The largest absolute Gasteiger partial charge is 0.388 e. The molecule has 0 aliphatic carbocycles. The zero-order chi connectivity index (χ0) is 20.5. The van der Waals surface area contributed by atoms with Gasteiger partial charge in [0.25, 0.3) is 5.91 Å². The summed E-state index contributed by atoms with van der Waals surface area (Å²) in [5.41, 5.74) is -1.71. The van der Waals surface area contributed by atoms with Crippen molar-refractivity contribution in [3.05, 3.63) is 18.0 Å². The van der Waals surface area contributed by atoms with E-state index in [2.05, 4.69) is 10.4 Å². The summed E-state index contributed by atoms with van der Waals surface area (Å²) in [6, 6.07) is 0.797. The first-order valence-electron chi connectivity index (χ1n) is 9.44. The molecule has 2 aliphatic rings. The standard InChI is InChI=1S/C18H26F2N4O4/c1-3-14(25)21-13-10-28-18(11-17(13,2)27)5-8-23(9-6-18)15(26)12-4-7-24(22-12)16(19)20/h4,7,13,16,27H,3,5-6,8-11H2,1-2H3,(H,21,25)/t13-,17-/m0/s1. The van der Waals surface area contributed by atoms with Crippen LogP contribution >= 0.6 is 0 Å². The molecule has 3 rings (SSSR count). The molecule has 3 heterocycles. The van der Waals surface area contributed by atoms with Crippen LogP contribution in [0.1, 0.15) is 56.6 Å². The van der Waals surface area contributed by atoms with Crippen molar-refractivity contribution in [1.29, 1.82) is 0 Å². The highest BCUT2D eigenvalue weighted by Gasteiger charge is 2.49. The van der Waals surface area contributed by atoms with Crippen molar-refractivity contribution in [1.82, 2.24) is 20.0 Å². The molecule has 2 N–H and O–H groups in total. The summed E-state index contributed by atoms with van der Waals surface area (Å²) in [6.07, 6.45) is 2.78. The zero-order valence-corrected chi connectivity index (χ0v) is 16.0. The minimum Gasteiger partial charge on any atom is -0.388 e. The second-order valence-corrected chi connectivity index (χ2v) is 7.75. The Balaban J connectivity index is 1.60. The fourth-order valence-electron chi connectivity index (χ4n) is 3.92. The molecule has 1 spiro atoms. The number of piperidine rings is 1. The first-order valence-corrected chi connectivity index (χ1v) is 9.44. The van der Waals surface area contributed by atoms with Crippen molar-refractivity contribution in [2.24, 2.45) is 0 Å². The third-order valence-electron chi connectivity index (χ3n) is 5.63. The summed E-state index contributed by atoms with van der Waals surface area (Å²) in [5, 5.41) is 17.3. The minimum absolute atomic E-state index is 0.0184. The Morgan fingerprint density at radius 2 is 2.11 bits per heavy atom. The number of carbonyl (C=O) groups excluding carboxylic acids is 2. The van der Waals surface area contributed by atoms with E-state index in [4.69, 9.17) is 4.74 Å². The number of hydrogen-bond donors (Lipinski definition) is 2. The van der Waals surface area contributed by atoms with Gasteiger partial charge in [0, 0.05) is 32.1 Å². The maximum Gasteiger partial charge on any atom is 0.333 e. The molecule has 8 nitrogen and oxygen atoms in total. The number of rotatable bonds is 4. The Hall–Kier alpha value is -2.07.